The molecule has 6 N–H and O–H groups in total. The van der Waals surface area contributed by atoms with E-state index in [2.05, 4.69) is 31.3 Å². The summed E-state index contributed by atoms with van der Waals surface area (Å²) >= 11 is 0. The highest BCUT2D eigenvalue weighted by molar-refractivity contribution is 5.98. The number of amides is 8. The molecule has 8 amide bonds. The number of likely N-dealkylation sites (tertiary alicyclic amines) is 2. The van der Waals surface area contributed by atoms with Gasteiger partial charge in [0.15, 0.2) is 29.0 Å². The Balaban J connectivity index is 1.37. The predicted molar refractivity (Wildman–Crippen MR) is 377 cm³/mol. The number of nitrogens with zero attached hydrogens (tertiary/aromatic N) is 7. The van der Waals surface area contributed by atoms with Crippen molar-refractivity contribution in [3.63, 3.8) is 0 Å². The average Bonchev–Trinajstić information content (AvgIpc) is 1.25. The molecule has 0 spiro atoms. The lowest BCUT2D eigenvalue weighted by Crippen LogP contribution is -2.54. The molecule has 13 atom stereocenters. The topological polar surface area (TPSA) is 351 Å². The number of Topliss-reactive ketones (excluding diaryl/α,β-unsaturated/α-hetero) is 3. The van der Waals surface area contributed by atoms with E-state index in [4.69, 9.17) is 19.9 Å². The second-order valence-electron chi connectivity index (χ2n) is 28.8. The number of hydrogen-bond acceptors (Lipinski definition) is 16. The molecule has 2 aromatic rings. The largest absolute Gasteiger partial charge is 0.420 e. The fourth-order valence-electron chi connectivity index (χ4n) is 14.1. The number of halogens is 4. The van der Waals surface area contributed by atoms with Gasteiger partial charge in [0.2, 0.25) is 47.0 Å². The molecule has 0 aromatic heterocycles. The lowest BCUT2D eigenvalue weighted by molar-refractivity contribution is -0.149. The number of hydrogen-bond donors (Lipinski definition) is 5. The quantitative estimate of drug-likeness (QED) is 0.00477. The SMILES string of the molecule is CC[C@H](C)[C@@H]([C@@H](CC(=O)N1CCC[C@H]1[C@H](OC)[C@@H](C)C(=O)C[C@@H](CN=[N+]=[N-])C(=O)NCc1ccc(NC(=O)[C@H](CCCNC(N)=O)CC(=O)[C@@H](NC(=O)CCC(=O)N2CCC(C(=O)Oc3c(F)c(C)c(F)c(F)c3F)CC2C)C(C)C)cc1)OC)N(C)C(=O)[C@@H](CC(=O)[C@H](C(C)C)N(C)C)C(C)C. The van der Waals surface area contributed by atoms with Crippen LogP contribution in [0.3, 0.4) is 0 Å². The molecule has 2 aromatic carbocycles. The average molecular weight is 1460 g/mol. The van der Waals surface area contributed by atoms with Crippen molar-refractivity contribution in [1.82, 2.24) is 35.6 Å². The number of ketones is 3. The molecule has 4 rings (SSSR count). The van der Waals surface area contributed by atoms with Gasteiger partial charge in [-0.15, -0.1) is 0 Å². The fraction of sp³-hybridized carbons (Fsp3) is 0.685. The molecule has 574 valence electrons. The van der Waals surface area contributed by atoms with Gasteiger partial charge in [-0.05, 0) is 113 Å². The van der Waals surface area contributed by atoms with E-state index < -0.39 is 148 Å². The number of anilines is 1. The Morgan fingerprint density at radius 2 is 1.39 bits per heavy atom. The summed E-state index contributed by atoms with van der Waals surface area (Å²) in [6, 6.07) is 2.47. The number of azide groups is 1. The maximum absolute atomic E-state index is 14.6. The molecule has 0 bridgehead atoms. The maximum Gasteiger partial charge on any atom is 0.314 e. The molecule has 2 unspecified atom stereocenters. The molecule has 2 saturated heterocycles. The number of nitrogens with one attached hydrogen (secondary N) is 4. The summed E-state index contributed by atoms with van der Waals surface area (Å²) in [5.41, 5.74) is 14.6. The van der Waals surface area contributed by atoms with Crippen molar-refractivity contribution in [2.75, 3.05) is 66.9 Å². The number of piperidine rings is 1. The van der Waals surface area contributed by atoms with Crippen LogP contribution in [-0.4, -0.2) is 188 Å². The molecule has 2 aliphatic rings. The predicted octanol–water partition coefficient (Wildman–Crippen LogP) is 8.91. The van der Waals surface area contributed by atoms with E-state index >= 15 is 0 Å². The first-order chi connectivity index (χ1) is 48.5. The minimum atomic E-state index is -2.00. The number of urea groups is 1. The first kappa shape index (κ1) is 87.3. The lowest BCUT2D eigenvalue weighted by atomic mass is 9.83. The summed E-state index contributed by atoms with van der Waals surface area (Å²) in [6.07, 6.45) is -0.736. The molecular formula is C73H110F4N12O14. The van der Waals surface area contributed by atoms with Crippen molar-refractivity contribution in [2.45, 2.75) is 209 Å². The molecule has 0 saturated carbocycles. The summed E-state index contributed by atoms with van der Waals surface area (Å²) in [4.78, 5) is 160. The summed E-state index contributed by atoms with van der Waals surface area (Å²) in [6.45, 7) is 19.4. The zero-order valence-electron chi connectivity index (χ0n) is 62.7. The van der Waals surface area contributed by atoms with Crippen LogP contribution >= 0.6 is 0 Å². The number of nitrogens with two attached hydrogens (primary N) is 1. The van der Waals surface area contributed by atoms with Gasteiger partial charge in [0.05, 0.1) is 54.6 Å². The summed E-state index contributed by atoms with van der Waals surface area (Å²) in [5.74, 6) is -18.5. The number of rotatable bonds is 41. The van der Waals surface area contributed by atoms with E-state index in [-0.39, 0.29) is 138 Å². The van der Waals surface area contributed by atoms with Crippen molar-refractivity contribution in [1.29, 1.82) is 0 Å². The molecular weight excluding hydrogens is 1340 g/mol. The van der Waals surface area contributed by atoms with Gasteiger partial charge in [-0.1, -0.05) is 86.0 Å². The van der Waals surface area contributed by atoms with E-state index in [1.807, 2.05) is 60.5 Å². The molecule has 0 aliphatic carbocycles. The fourth-order valence-corrected chi connectivity index (χ4v) is 14.1. The number of likely N-dealkylation sites (N-methyl/N-ethyl adjacent to an activating group) is 2. The van der Waals surface area contributed by atoms with Crippen molar-refractivity contribution < 1.29 is 84.5 Å². The van der Waals surface area contributed by atoms with E-state index in [9.17, 15) is 75.8 Å². The van der Waals surface area contributed by atoms with Crippen LogP contribution in [0.4, 0.5) is 28.0 Å². The molecule has 0 radical (unpaired) electrons. The highest BCUT2D eigenvalue weighted by Crippen LogP contribution is 2.35. The Hall–Kier alpha value is -8.08. The minimum Gasteiger partial charge on any atom is -0.420 e. The third kappa shape index (κ3) is 24.5. The van der Waals surface area contributed by atoms with Crippen molar-refractivity contribution in [3.05, 3.63) is 69.1 Å². The number of benzene rings is 2. The number of carbonyl (C=O) groups excluding carboxylic acids is 11. The van der Waals surface area contributed by atoms with Crippen molar-refractivity contribution >= 4 is 70.5 Å². The van der Waals surface area contributed by atoms with Crippen LogP contribution in [0.15, 0.2) is 29.4 Å². The van der Waals surface area contributed by atoms with Crippen molar-refractivity contribution in [2.24, 2.45) is 64.1 Å². The standard InChI is InChI=1S/C73H110F4N12O14/c1-17-42(8)66(87(14)71(98)51(39(2)3)35-55(92)65(41(6)7)86(12)13)56(101-15)36-59(95)89-30-19-21-52(89)67(102-16)44(10)53(90)34-49(38-82-85-79)69(96)81-37-46-22-24-50(25-23-46)83-70(97)47(20-18-29-80-73(78)100)33-54(91)64(40(4)5)84-57(93)26-27-58(94)88-31-28-48(32-43(88)9)72(99)103-68-61(75)45(11)60(74)62(76)63(68)77/h22-25,39-44,47-49,51-52,56,64-67H,17-21,26-38H2,1-16H3,(H,81,96)(H,83,97)(H,84,93)(H3,78,80,100)/t42-,43?,44-,47+,48?,49-,51-,52-,56+,64-,65-,66-,67+/m0/s1. The Labute approximate surface area is 602 Å². The van der Waals surface area contributed by atoms with Crippen LogP contribution in [0.25, 0.3) is 10.4 Å². The Bertz CT molecular complexity index is 3300. The third-order valence-electron chi connectivity index (χ3n) is 20.2. The Kier molecular flexibility index (Phi) is 35.1. The second-order valence-corrected chi connectivity index (χ2v) is 28.8. The van der Waals surface area contributed by atoms with Crippen LogP contribution < -0.4 is 31.7 Å². The van der Waals surface area contributed by atoms with E-state index in [0.29, 0.717) is 37.1 Å². The second kappa shape index (κ2) is 41.4. The Morgan fingerprint density at radius 3 is 1.95 bits per heavy atom. The summed E-state index contributed by atoms with van der Waals surface area (Å²) < 4.78 is 73.8. The molecule has 2 fully saturated rings. The highest BCUT2D eigenvalue weighted by Gasteiger charge is 2.45. The van der Waals surface area contributed by atoms with E-state index in [1.165, 1.54) is 19.1 Å². The van der Waals surface area contributed by atoms with Gasteiger partial charge in [0, 0.05) is 126 Å². The van der Waals surface area contributed by atoms with Gasteiger partial charge in [-0.25, -0.2) is 18.0 Å². The number of primary amides is 1. The monoisotopic (exact) mass is 1450 g/mol. The van der Waals surface area contributed by atoms with Crippen molar-refractivity contribution in [3.8, 4) is 5.75 Å². The molecule has 2 aliphatic heterocycles. The third-order valence-corrected chi connectivity index (χ3v) is 20.2. The van der Waals surface area contributed by atoms with Crippen LogP contribution in [0, 0.1) is 83.5 Å². The van der Waals surface area contributed by atoms with Crippen LogP contribution in [-0.2, 0) is 64.0 Å². The van der Waals surface area contributed by atoms with Gasteiger partial charge < -0.3 is 55.9 Å². The number of methoxy groups -OCH3 is 2. The van der Waals surface area contributed by atoms with Crippen LogP contribution in [0.1, 0.15) is 164 Å². The van der Waals surface area contributed by atoms with Crippen LogP contribution in [0.5, 0.6) is 5.75 Å². The highest BCUT2D eigenvalue weighted by atomic mass is 19.2. The molecule has 103 heavy (non-hydrogen) atoms. The van der Waals surface area contributed by atoms with Gasteiger partial charge in [0.25, 0.3) is 0 Å². The number of esters is 1. The van der Waals surface area contributed by atoms with Crippen LogP contribution in [0.2, 0.25) is 0 Å². The number of ether oxygens (including phenoxy) is 3. The van der Waals surface area contributed by atoms with E-state index in [1.54, 1.807) is 68.8 Å². The smallest absolute Gasteiger partial charge is 0.314 e. The molecule has 26 nitrogen and oxygen atoms in total. The van der Waals surface area contributed by atoms with Gasteiger partial charge >= 0.3 is 12.0 Å². The van der Waals surface area contributed by atoms with E-state index in [0.717, 1.165) is 6.92 Å². The first-order valence-electron chi connectivity index (χ1n) is 35.7. The van der Waals surface area contributed by atoms with Gasteiger partial charge in [0.1, 0.15) is 5.78 Å². The minimum absolute atomic E-state index is 0.00784. The summed E-state index contributed by atoms with van der Waals surface area (Å²) in [5, 5.41) is 14.4. The van der Waals surface area contributed by atoms with Gasteiger partial charge in [-0.2, -0.15) is 4.39 Å². The first-order valence-corrected chi connectivity index (χ1v) is 35.7. The normalized spacial score (nSPS) is 18.3. The zero-order valence-corrected chi connectivity index (χ0v) is 62.7. The van der Waals surface area contributed by atoms with Gasteiger partial charge in [-0.3, -0.25) is 52.8 Å². The zero-order chi connectivity index (χ0) is 77.4. The molecule has 30 heteroatoms. The Morgan fingerprint density at radius 1 is 0.738 bits per heavy atom. The maximum atomic E-state index is 14.6. The number of carbonyl (C=O) groups is 11. The lowest BCUT2D eigenvalue weighted by Gasteiger charge is -2.41. The summed E-state index contributed by atoms with van der Waals surface area (Å²) in [7, 11) is 8.39. The molecule has 2 heterocycles.